The molecule has 0 aliphatic carbocycles. The van der Waals surface area contributed by atoms with Gasteiger partial charge in [0.2, 0.25) is 0 Å². The van der Waals surface area contributed by atoms with E-state index in [0.29, 0.717) is 17.6 Å². The Labute approximate surface area is 166 Å². The lowest BCUT2D eigenvalue weighted by molar-refractivity contribution is 0.156. The molecule has 0 bridgehead atoms. The van der Waals surface area contributed by atoms with Crippen molar-refractivity contribution in [3.05, 3.63) is 84.9 Å². The van der Waals surface area contributed by atoms with Crippen molar-refractivity contribution >= 4 is 11.0 Å². The van der Waals surface area contributed by atoms with Crippen LogP contribution in [0.5, 0.6) is 0 Å². The summed E-state index contributed by atoms with van der Waals surface area (Å²) < 4.78 is 6.79. The van der Waals surface area contributed by atoms with Gasteiger partial charge in [-0.1, -0.05) is 42.5 Å². The van der Waals surface area contributed by atoms with E-state index in [1.165, 1.54) is 0 Å². The summed E-state index contributed by atoms with van der Waals surface area (Å²) in [6.45, 7) is 0.343. The Bertz CT molecular complexity index is 1250. The number of imidazole rings is 1. The number of aromatic nitrogens is 5. The minimum Gasteiger partial charge on any atom is -0.386 e. The molecule has 3 aromatic heterocycles. The van der Waals surface area contributed by atoms with E-state index in [2.05, 4.69) is 20.3 Å². The molecule has 0 amide bonds. The smallest absolute Gasteiger partial charge is 0.135 e. The molecule has 0 fully saturated rings. The molecule has 3 heterocycles. The molecule has 0 saturated heterocycles. The average molecular weight is 383 g/mol. The van der Waals surface area contributed by atoms with Crippen LogP contribution in [0, 0.1) is 0 Å². The van der Waals surface area contributed by atoms with E-state index < -0.39 is 6.10 Å². The highest BCUT2D eigenvalue weighted by Gasteiger charge is 2.19. The molecule has 1 atom stereocenters. The number of nitrogens with zero attached hydrogens (tertiary/aromatic N) is 5. The quantitative estimate of drug-likeness (QED) is 0.495. The first-order valence-corrected chi connectivity index (χ1v) is 9.21. The highest BCUT2D eigenvalue weighted by atomic mass is 16.6. The van der Waals surface area contributed by atoms with E-state index in [1.54, 1.807) is 18.7 Å². The molecule has 5 aromatic rings. The Hall–Kier alpha value is -3.84. The monoisotopic (exact) mass is 383 g/mol. The number of aliphatic hydroxyl groups excluding tert-OH is 1. The number of rotatable bonds is 5. The van der Waals surface area contributed by atoms with E-state index >= 15 is 0 Å². The van der Waals surface area contributed by atoms with Gasteiger partial charge in [0.25, 0.3) is 0 Å². The second-order valence-corrected chi connectivity index (χ2v) is 6.73. The Morgan fingerprint density at radius 1 is 0.931 bits per heavy atom. The zero-order chi connectivity index (χ0) is 19.6. The minimum atomic E-state index is -0.710. The first-order chi connectivity index (χ1) is 14.3. The zero-order valence-electron chi connectivity index (χ0n) is 15.4. The van der Waals surface area contributed by atoms with Gasteiger partial charge in [-0.3, -0.25) is 4.98 Å². The minimum absolute atomic E-state index is 0.343. The molecule has 1 N–H and O–H groups in total. The molecule has 7 nitrogen and oxygen atoms in total. The number of pyridine rings is 1. The molecule has 0 aliphatic heterocycles. The average Bonchev–Trinajstić information content (AvgIpc) is 3.41. The van der Waals surface area contributed by atoms with Crippen molar-refractivity contribution in [2.24, 2.45) is 0 Å². The molecule has 0 aliphatic rings. The van der Waals surface area contributed by atoms with E-state index in [4.69, 9.17) is 4.63 Å². The Balaban J connectivity index is 1.62. The Kier molecular flexibility index (Phi) is 4.34. The second kappa shape index (κ2) is 7.29. The molecular formula is C22H17N5O2. The summed E-state index contributed by atoms with van der Waals surface area (Å²) in [6.07, 6.45) is 4.40. The van der Waals surface area contributed by atoms with Crippen LogP contribution in [0.3, 0.4) is 0 Å². The van der Waals surface area contributed by atoms with Gasteiger partial charge in [-0.05, 0) is 28.5 Å². The van der Waals surface area contributed by atoms with Crippen molar-refractivity contribution in [3.63, 3.8) is 0 Å². The van der Waals surface area contributed by atoms with Gasteiger partial charge in [0.05, 0.1) is 30.4 Å². The van der Waals surface area contributed by atoms with Gasteiger partial charge in [0, 0.05) is 29.1 Å². The fourth-order valence-electron chi connectivity index (χ4n) is 3.42. The topological polar surface area (TPSA) is 89.9 Å². The van der Waals surface area contributed by atoms with Gasteiger partial charge in [0.1, 0.15) is 11.0 Å². The first kappa shape index (κ1) is 17.3. The SMILES string of the molecule is O[C@@H](Cn1cnc(-c2ccccc2)c1-c1ccc2nonc2c1)c1cccnc1. The van der Waals surface area contributed by atoms with Gasteiger partial charge in [-0.15, -0.1) is 0 Å². The molecule has 142 valence electrons. The lowest BCUT2D eigenvalue weighted by Gasteiger charge is -2.15. The summed E-state index contributed by atoms with van der Waals surface area (Å²) in [7, 11) is 0. The fourth-order valence-corrected chi connectivity index (χ4v) is 3.42. The predicted octanol–water partition coefficient (Wildman–Crippen LogP) is 3.88. The molecular weight excluding hydrogens is 366 g/mol. The molecule has 0 unspecified atom stereocenters. The van der Waals surface area contributed by atoms with Crippen LogP contribution in [0.15, 0.2) is 84.0 Å². The number of aliphatic hydroxyl groups is 1. The normalized spacial score (nSPS) is 12.3. The van der Waals surface area contributed by atoms with Crippen LogP contribution < -0.4 is 0 Å². The van der Waals surface area contributed by atoms with Crippen LogP contribution in [-0.4, -0.2) is 30.0 Å². The summed E-state index contributed by atoms with van der Waals surface area (Å²) in [5, 5.41) is 18.6. The Morgan fingerprint density at radius 3 is 2.62 bits per heavy atom. The van der Waals surface area contributed by atoms with Gasteiger partial charge < -0.3 is 9.67 Å². The maximum absolute atomic E-state index is 10.7. The molecule has 0 saturated carbocycles. The van der Waals surface area contributed by atoms with Crippen LogP contribution in [0.2, 0.25) is 0 Å². The summed E-state index contributed by atoms with van der Waals surface area (Å²) in [5.74, 6) is 0. The second-order valence-electron chi connectivity index (χ2n) is 6.73. The van der Waals surface area contributed by atoms with E-state index in [9.17, 15) is 5.11 Å². The summed E-state index contributed by atoms with van der Waals surface area (Å²) in [4.78, 5) is 8.75. The van der Waals surface area contributed by atoms with Crippen molar-refractivity contribution < 1.29 is 9.74 Å². The third kappa shape index (κ3) is 3.28. The van der Waals surface area contributed by atoms with E-state index in [1.807, 2.05) is 65.2 Å². The van der Waals surface area contributed by atoms with Crippen LogP contribution in [0.4, 0.5) is 0 Å². The standard InChI is InChI=1S/C22H17N5O2/c28-20(17-7-4-10-23-12-17)13-27-14-24-21(15-5-2-1-3-6-15)22(27)16-8-9-18-19(11-16)26-29-25-18/h1-12,14,20,28H,13H2/t20-/m0/s1. The van der Waals surface area contributed by atoms with Gasteiger partial charge in [0.15, 0.2) is 0 Å². The van der Waals surface area contributed by atoms with Crippen molar-refractivity contribution in [2.45, 2.75) is 12.6 Å². The van der Waals surface area contributed by atoms with Gasteiger partial charge in [-0.2, -0.15) is 0 Å². The van der Waals surface area contributed by atoms with Crippen molar-refractivity contribution in [2.75, 3.05) is 0 Å². The number of hydrogen-bond donors (Lipinski definition) is 1. The third-order valence-electron chi connectivity index (χ3n) is 4.85. The summed E-state index contributed by atoms with van der Waals surface area (Å²) >= 11 is 0. The van der Waals surface area contributed by atoms with Crippen molar-refractivity contribution in [1.82, 2.24) is 24.8 Å². The van der Waals surface area contributed by atoms with Crippen molar-refractivity contribution in [3.8, 4) is 22.5 Å². The van der Waals surface area contributed by atoms with Gasteiger partial charge in [-0.25, -0.2) is 9.61 Å². The Morgan fingerprint density at radius 2 is 1.79 bits per heavy atom. The number of hydrogen-bond acceptors (Lipinski definition) is 6. The third-order valence-corrected chi connectivity index (χ3v) is 4.85. The molecule has 0 spiro atoms. The maximum atomic E-state index is 10.7. The van der Waals surface area contributed by atoms with Gasteiger partial charge >= 0.3 is 0 Å². The van der Waals surface area contributed by atoms with Crippen LogP contribution in [-0.2, 0) is 6.54 Å². The summed E-state index contributed by atoms with van der Waals surface area (Å²) in [6, 6.07) is 19.4. The lowest BCUT2D eigenvalue weighted by Crippen LogP contribution is -2.09. The number of fused-ring (bicyclic) bond motifs is 1. The summed E-state index contributed by atoms with van der Waals surface area (Å²) in [5.41, 5.74) is 5.75. The molecule has 2 aromatic carbocycles. The van der Waals surface area contributed by atoms with E-state index in [-0.39, 0.29) is 0 Å². The molecule has 7 heteroatoms. The largest absolute Gasteiger partial charge is 0.386 e. The molecule has 29 heavy (non-hydrogen) atoms. The van der Waals surface area contributed by atoms with Crippen molar-refractivity contribution in [1.29, 1.82) is 0 Å². The maximum Gasteiger partial charge on any atom is 0.135 e. The van der Waals surface area contributed by atoms with Crippen LogP contribution >= 0.6 is 0 Å². The lowest BCUT2D eigenvalue weighted by atomic mass is 10.0. The molecule has 0 radical (unpaired) electrons. The zero-order valence-corrected chi connectivity index (χ0v) is 15.4. The predicted molar refractivity (Wildman–Crippen MR) is 108 cm³/mol. The van der Waals surface area contributed by atoms with E-state index in [0.717, 1.165) is 28.1 Å². The first-order valence-electron chi connectivity index (χ1n) is 9.21. The van der Waals surface area contributed by atoms with Crippen LogP contribution in [0.1, 0.15) is 11.7 Å². The molecule has 5 rings (SSSR count). The highest BCUT2D eigenvalue weighted by molar-refractivity contribution is 5.85. The van der Waals surface area contributed by atoms with Crippen LogP contribution in [0.25, 0.3) is 33.5 Å². The fraction of sp³-hybridized carbons (Fsp3) is 0.0909. The number of benzene rings is 2. The highest BCUT2D eigenvalue weighted by Crippen LogP contribution is 2.33.